The van der Waals surface area contributed by atoms with Gasteiger partial charge < -0.3 is 39.8 Å². The van der Waals surface area contributed by atoms with Crippen molar-refractivity contribution in [2.45, 2.75) is 129 Å². The topological polar surface area (TPSA) is 170 Å². The zero-order valence-corrected chi connectivity index (χ0v) is 27.3. The number of rotatable bonds is 6. The molecule has 0 heterocycles. The molecule has 12 heteroatoms. The highest BCUT2D eigenvalue weighted by Gasteiger charge is 2.56. The molecular formula is C30H52N2O10. The van der Waals surface area contributed by atoms with Crippen LogP contribution in [0, 0.1) is 10.8 Å². The molecule has 0 aromatic heterocycles. The van der Waals surface area contributed by atoms with Gasteiger partial charge in [-0.05, 0) is 94.9 Å². The highest BCUT2D eigenvalue weighted by atomic mass is 16.6. The molecule has 0 bridgehead atoms. The highest BCUT2D eigenvalue weighted by molar-refractivity contribution is 5.82. The molecule has 12 nitrogen and oxygen atoms in total. The van der Waals surface area contributed by atoms with E-state index in [0.717, 1.165) is 0 Å². The normalized spacial score (nSPS) is 26.0. The van der Waals surface area contributed by atoms with E-state index in [2.05, 4.69) is 10.6 Å². The summed E-state index contributed by atoms with van der Waals surface area (Å²) in [6, 6.07) is -0.615. The van der Waals surface area contributed by atoms with Gasteiger partial charge in [-0.3, -0.25) is 9.59 Å². The zero-order chi connectivity index (χ0) is 32.9. The minimum atomic E-state index is -1.30. The second kappa shape index (κ2) is 13.2. The summed E-state index contributed by atoms with van der Waals surface area (Å²) in [5.41, 5.74) is -5.87. The van der Waals surface area contributed by atoms with E-state index in [0.29, 0.717) is 19.3 Å². The average molecular weight is 601 g/mol. The number of amides is 2. The van der Waals surface area contributed by atoms with Crippen LogP contribution in [0.1, 0.15) is 94.9 Å². The molecule has 1 saturated carbocycles. The predicted octanol–water partition coefficient (Wildman–Crippen LogP) is 3.76. The first-order valence-electron chi connectivity index (χ1n) is 14.1. The SMILES string of the molecule is COC(=O)C1(C(C)(C)O)C=C[C@@H](NC(=O)OC(C)(C)C)C1.COC(=O)C1(C(C)(C)O)CC[C@H](NC(=O)OC(C)(C)C)C1. The van der Waals surface area contributed by atoms with Gasteiger partial charge in [0.15, 0.2) is 0 Å². The van der Waals surface area contributed by atoms with Crippen molar-refractivity contribution in [2.24, 2.45) is 10.8 Å². The zero-order valence-electron chi connectivity index (χ0n) is 27.3. The minimum absolute atomic E-state index is 0.217. The fourth-order valence-electron chi connectivity index (χ4n) is 5.19. The Morgan fingerprint density at radius 1 is 0.738 bits per heavy atom. The van der Waals surface area contributed by atoms with Crippen molar-refractivity contribution in [1.29, 1.82) is 0 Å². The number of esters is 2. The van der Waals surface area contributed by atoms with Crippen molar-refractivity contribution in [3.8, 4) is 0 Å². The summed E-state index contributed by atoms with van der Waals surface area (Å²) < 4.78 is 20.0. The number of nitrogens with one attached hydrogen (secondary N) is 2. The Morgan fingerprint density at radius 3 is 1.62 bits per heavy atom. The third-order valence-electron chi connectivity index (χ3n) is 7.48. The summed E-state index contributed by atoms with van der Waals surface area (Å²) in [5, 5.41) is 26.1. The number of aliphatic hydroxyl groups is 2. The lowest BCUT2D eigenvalue weighted by Gasteiger charge is -2.37. The average Bonchev–Trinajstić information content (AvgIpc) is 3.41. The molecule has 42 heavy (non-hydrogen) atoms. The van der Waals surface area contributed by atoms with Gasteiger partial charge >= 0.3 is 24.1 Å². The summed E-state index contributed by atoms with van der Waals surface area (Å²) in [6.07, 6.45) is 3.82. The van der Waals surface area contributed by atoms with Crippen LogP contribution < -0.4 is 10.6 Å². The molecule has 0 radical (unpaired) electrons. The first-order chi connectivity index (χ1) is 18.8. The van der Waals surface area contributed by atoms with Gasteiger partial charge in [0.25, 0.3) is 0 Å². The van der Waals surface area contributed by atoms with Crippen LogP contribution in [0.4, 0.5) is 9.59 Å². The molecule has 4 atom stereocenters. The van der Waals surface area contributed by atoms with Crippen molar-refractivity contribution in [3.63, 3.8) is 0 Å². The van der Waals surface area contributed by atoms with E-state index in [-0.39, 0.29) is 12.5 Å². The van der Waals surface area contributed by atoms with E-state index < -0.39 is 63.4 Å². The molecule has 2 rings (SSSR count). The highest BCUT2D eigenvalue weighted by Crippen LogP contribution is 2.47. The molecule has 2 amide bonds. The van der Waals surface area contributed by atoms with Gasteiger partial charge in [0.1, 0.15) is 16.6 Å². The van der Waals surface area contributed by atoms with Gasteiger partial charge in [-0.25, -0.2) is 9.59 Å². The van der Waals surface area contributed by atoms with Crippen LogP contribution in [-0.4, -0.2) is 83.0 Å². The van der Waals surface area contributed by atoms with E-state index in [9.17, 15) is 29.4 Å². The number of hydrogen-bond acceptors (Lipinski definition) is 10. The second-order valence-electron chi connectivity index (χ2n) is 14.1. The lowest BCUT2D eigenvalue weighted by Crippen LogP contribution is -2.50. The van der Waals surface area contributed by atoms with Gasteiger partial charge in [0, 0.05) is 6.04 Å². The third-order valence-corrected chi connectivity index (χ3v) is 7.48. The quantitative estimate of drug-likeness (QED) is 0.200. The van der Waals surface area contributed by atoms with Crippen LogP contribution >= 0.6 is 0 Å². The second-order valence-corrected chi connectivity index (χ2v) is 14.1. The maximum absolute atomic E-state index is 12.1. The number of alkyl carbamates (subject to hydrolysis) is 2. The first-order valence-corrected chi connectivity index (χ1v) is 14.1. The Morgan fingerprint density at radius 2 is 1.21 bits per heavy atom. The van der Waals surface area contributed by atoms with Gasteiger partial charge in [-0.15, -0.1) is 0 Å². The number of methoxy groups -OCH3 is 2. The third kappa shape index (κ3) is 9.58. The van der Waals surface area contributed by atoms with Gasteiger partial charge in [-0.1, -0.05) is 12.2 Å². The van der Waals surface area contributed by atoms with Crippen molar-refractivity contribution < 1.29 is 48.3 Å². The molecule has 2 aliphatic carbocycles. The van der Waals surface area contributed by atoms with E-state index in [1.165, 1.54) is 14.2 Å². The summed E-state index contributed by atoms with van der Waals surface area (Å²) in [7, 11) is 2.59. The van der Waals surface area contributed by atoms with Crippen LogP contribution in [0.25, 0.3) is 0 Å². The Labute approximate surface area is 249 Å². The largest absolute Gasteiger partial charge is 0.469 e. The Kier molecular flexibility index (Phi) is 11.7. The molecule has 1 fully saturated rings. The molecular weight excluding hydrogens is 548 g/mol. The van der Waals surface area contributed by atoms with E-state index >= 15 is 0 Å². The monoisotopic (exact) mass is 600 g/mol. The lowest BCUT2D eigenvalue weighted by molar-refractivity contribution is -0.168. The molecule has 4 N–H and O–H groups in total. The summed E-state index contributed by atoms with van der Waals surface area (Å²) >= 11 is 0. The van der Waals surface area contributed by atoms with Gasteiger partial charge in [-0.2, -0.15) is 0 Å². The van der Waals surface area contributed by atoms with Crippen molar-refractivity contribution in [3.05, 3.63) is 12.2 Å². The molecule has 0 spiro atoms. The van der Waals surface area contributed by atoms with Gasteiger partial charge in [0.05, 0.1) is 36.9 Å². The minimum Gasteiger partial charge on any atom is -0.469 e. The first kappa shape index (κ1) is 37.2. The molecule has 0 aliphatic heterocycles. The van der Waals surface area contributed by atoms with Gasteiger partial charge in [0.2, 0.25) is 0 Å². The lowest BCUT2D eigenvalue weighted by atomic mass is 9.72. The smallest absolute Gasteiger partial charge is 0.408 e. The van der Waals surface area contributed by atoms with Crippen LogP contribution in [0.3, 0.4) is 0 Å². The number of hydrogen-bond donors (Lipinski definition) is 4. The molecule has 0 saturated heterocycles. The Bertz CT molecular complexity index is 1010. The summed E-state index contributed by atoms with van der Waals surface area (Å²) in [4.78, 5) is 47.8. The van der Waals surface area contributed by atoms with Crippen molar-refractivity contribution in [1.82, 2.24) is 10.6 Å². The number of ether oxygens (including phenoxy) is 4. The van der Waals surface area contributed by atoms with Crippen LogP contribution in [-0.2, 0) is 28.5 Å². The Balaban J connectivity index is 0.000000420. The van der Waals surface area contributed by atoms with Crippen molar-refractivity contribution >= 4 is 24.1 Å². The van der Waals surface area contributed by atoms with Crippen LogP contribution in [0.5, 0.6) is 0 Å². The number of carbonyl (C=O) groups is 4. The molecule has 242 valence electrons. The maximum Gasteiger partial charge on any atom is 0.408 e. The fraction of sp³-hybridized carbons (Fsp3) is 0.800. The summed E-state index contributed by atoms with van der Waals surface area (Å²) in [6.45, 7) is 17.0. The van der Waals surface area contributed by atoms with Crippen LogP contribution in [0.15, 0.2) is 12.2 Å². The fourth-order valence-corrected chi connectivity index (χ4v) is 5.19. The summed E-state index contributed by atoms with van der Waals surface area (Å²) in [5.74, 6) is -0.969. The molecule has 2 unspecified atom stereocenters. The van der Waals surface area contributed by atoms with E-state index in [1.54, 1.807) is 81.4 Å². The van der Waals surface area contributed by atoms with Crippen molar-refractivity contribution in [2.75, 3.05) is 14.2 Å². The molecule has 2 aliphatic rings. The standard InChI is InChI=1S/C15H27NO5.C15H25NO5/c2*1-13(2,3)21-12(18)16-10-7-8-15(9-10,11(17)20-6)14(4,5)19/h10,19H,7-9H2,1-6H3,(H,16,18);7-8,10,19H,9H2,1-6H3,(H,16,18)/t2*10-,15?/m01/s1. The van der Waals surface area contributed by atoms with E-state index in [1.807, 2.05) is 0 Å². The predicted molar refractivity (Wildman–Crippen MR) is 155 cm³/mol. The van der Waals surface area contributed by atoms with E-state index in [4.69, 9.17) is 18.9 Å². The Hall–Kier alpha value is -2.86. The maximum atomic E-state index is 12.1. The molecule has 0 aromatic rings. The molecule has 0 aromatic carbocycles. The number of carbonyl (C=O) groups excluding carboxylic acids is 4. The van der Waals surface area contributed by atoms with Crippen LogP contribution in [0.2, 0.25) is 0 Å².